The Morgan fingerprint density at radius 1 is 1.48 bits per heavy atom. The SMILES string of the molecule is CC1=CC(C2=N/C(=C\c3cccnc3)C(=O)O2)CC=C1Br. The molecule has 0 spiro atoms. The third-order valence-electron chi connectivity index (χ3n) is 3.32. The van der Waals surface area contributed by atoms with Crippen molar-refractivity contribution >= 4 is 33.9 Å². The highest BCUT2D eigenvalue weighted by Gasteiger charge is 2.29. The number of allylic oxidation sites excluding steroid dienone is 3. The molecule has 1 unspecified atom stereocenters. The summed E-state index contributed by atoms with van der Waals surface area (Å²) in [6.45, 7) is 2.01. The summed E-state index contributed by atoms with van der Waals surface area (Å²) in [5, 5.41) is 0. The molecule has 0 saturated carbocycles. The molecule has 1 aliphatic heterocycles. The first-order valence-corrected chi connectivity index (χ1v) is 7.40. The standard InChI is InChI=1S/C16H13BrN2O2/c1-10-7-12(4-5-13(10)17)15-19-14(16(20)21-15)8-11-3-2-6-18-9-11/h2-3,5-9,12H,4H2,1H3/b14-8-. The number of aromatic nitrogens is 1. The zero-order chi connectivity index (χ0) is 14.8. The summed E-state index contributed by atoms with van der Waals surface area (Å²) in [5.41, 5.74) is 2.26. The average Bonchev–Trinajstić information content (AvgIpc) is 2.84. The van der Waals surface area contributed by atoms with Gasteiger partial charge in [-0.3, -0.25) is 4.98 Å². The average molecular weight is 345 g/mol. The molecule has 0 aromatic carbocycles. The first kappa shape index (κ1) is 13.9. The van der Waals surface area contributed by atoms with E-state index >= 15 is 0 Å². The summed E-state index contributed by atoms with van der Waals surface area (Å²) in [4.78, 5) is 20.3. The maximum atomic E-state index is 11.9. The fraction of sp³-hybridized carbons (Fsp3) is 0.188. The highest BCUT2D eigenvalue weighted by Crippen LogP contribution is 2.30. The lowest BCUT2D eigenvalue weighted by Gasteiger charge is -2.15. The molecule has 2 aliphatic rings. The fourth-order valence-corrected chi connectivity index (χ4v) is 2.54. The normalized spacial score (nSPS) is 23.5. The molecule has 1 aliphatic carbocycles. The van der Waals surface area contributed by atoms with Gasteiger partial charge in [-0.25, -0.2) is 9.79 Å². The molecule has 0 radical (unpaired) electrons. The molecule has 3 rings (SSSR count). The number of halogens is 1. The summed E-state index contributed by atoms with van der Waals surface area (Å²) in [7, 11) is 0. The van der Waals surface area contributed by atoms with Crippen molar-refractivity contribution in [3.63, 3.8) is 0 Å². The highest BCUT2D eigenvalue weighted by atomic mass is 79.9. The van der Waals surface area contributed by atoms with Crippen molar-refractivity contribution in [2.24, 2.45) is 10.9 Å². The molecule has 0 bridgehead atoms. The van der Waals surface area contributed by atoms with Gasteiger partial charge in [0.05, 0.1) is 5.92 Å². The number of ether oxygens (including phenoxy) is 1. The third-order valence-corrected chi connectivity index (χ3v) is 4.27. The van der Waals surface area contributed by atoms with Crippen LogP contribution in [0.25, 0.3) is 6.08 Å². The Bertz CT molecular complexity index is 702. The number of hydrogen-bond acceptors (Lipinski definition) is 4. The number of carbonyl (C=O) groups excluding carboxylic acids is 1. The number of pyridine rings is 1. The first-order chi connectivity index (χ1) is 10.1. The molecule has 106 valence electrons. The van der Waals surface area contributed by atoms with Crippen LogP contribution in [0.3, 0.4) is 0 Å². The lowest BCUT2D eigenvalue weighted by Crippen LogP contribution is -2.16. The molecule has 1 aromatic heterocycles. The van der Waals surface area contributed by atoms with Gasteiger partial charge in [-0.15, -0.1) is 0 Å². The number of aliphatic imine (C=N–C) groups is 1. The molecule has 0 fully saturated rings. The topological polar surface area (TPSA) is 51.5 Å². The van der Waals surface area contributed by atoms with E-state index < -0.39 is 5.97 Å². The summed E-state index contributed by atoms with van der Waals surface area (Å²) in [6, 6.07) is 3.68. The lowest BCUT2D eigenvalue weighted by atomic mass is 9.97. The second kappa shape index (κ2) is 5.77. The van der Waals surface area contributed by atoms with Gasteiger partial charge in [0.1, 0.15) is 0 Å². The second-order valence-electron chi connectivity index (χ2n) is 4.90. The van der Waals surface area contributed by atoms with Crippen molar-refractivity contribution in [1.82, 2.24) is 4.98 Å². The Balaban J connectivity index is 1.85. The van der Waals surface area contributed by atoms with Crippen LogP contribution in [0, 0.1) is 5.92 Å². The number of rotatable bonds is 2. The van der Waals surface area contributed by atoms with Crippen LogP contribution in [0.4, 0.5) is 0 Å². The van der Waals surface area contributed by atoms with Crippen molar-refractivity contribution in [2.45, 2.75) is 13.3 Å². The molecule has 0 N–H and O–H groups in total. The van der Waals surface area contributed by atoms with E-state index in [-0.39, 0.29) is 5.92 Å². The van der Waals surface area contributed by atoms with Crippen LogP contribution in [0.15, 0.2) is 57.4 Å². The van der Waals surface area contributed by atoms with Crippen LogP contribution in [-0.2, 0) is 9.53 Å². The summed E-state index contributed by atoms with van der Waals surface area (Å²) in [6.07, 6.45) is 9.95. The van der Waals surface area contributed by atoms with E-state index in [0.29, 0.717) is 11.6 Å². The largest absolute Gasteiger partial charge is 0.406 e. The lowest BCUT2D eigenvalue weighted by molar-refractivity contribution is -0.130. The number of hydrogen-bond donors (Lipinski definition) is 0. The van der Waals surface area contributed by atoms with Gasteiger partial charge in [0.15, 0.2) is 5.70 Å². The van der Waals surface area contributed by atoms with Gasteiger partial charge in [0.2, 0.25) is 5.90 Å². The van der Waals surface area contributed by atoms with Crippen molar-refractivity contribution in [3.8, 4) is 0 Å². The zero-order valence-electron chi connectivity index (χ0n) is 11.4. The molecule has 0 saturated heterocycles. The molecule has 1 aromatic rings. The molecule has 1 atom stereocenters. The van der Waals surface area contributed by atoms with Crippen LogP contribution in [0.2, 0.25) is 0 Å². The van der Waals surface area contributed by atoms with E-state index in [0.717, 1.165) is 22.0 Å². The van der Waals surface area contributed by atoms with Crippen molar-refractivity contribution in [3.05, 3.63) is 58.0 Å². The minimum Gasteiger partial charge on any atom is -0.406 e. The van der Waals surface area contributed by atoms with Crippen LogP contribution in [0.1, 0.15) is 18.9 Å². The molecular formula is C16H13BrN2O2. The number of carbonyl (C=O) groups is 1. The van der Waals surface area contributed by atoms with Crippen molar-refractivity contribution < 1.29 is 9.53 Å². The van der Waals surface area contributed by atoms with Gasteiger partial charge in [-0.05, 0) is 36.6 Å². The Hall–Kier alpha value is -2.01. The Labute approximate surface area is 131 Å². The Morgan fingerprint density at radius 3 is 3.05 bits per heavy atom. The van der Waals surface area contributed by atoms with Gasteiger partial charge in [-0.2, -0.15) is 0 Å². The van der Waals surface area contributed by atoms with Crippen molar-refractivity contribution in [1.29, 1.82) is 0 Å². The van der Waals surface area contributed by atoms with E-state index in [4.69, 9.17) is 4.74 Å². The van der Waals surface area contributed by atoms with E-state index in [2.05, 4.69) is 38.1 Å². The summed E-state index contributed by atoms with van der Waals surface area (Å²) >= 11 is 3.48. The van der Waals surface area contributed by atoms with Gasteiger partial charge in [0, 0.05) is 16.9 Å². The maximum Gasteiger partial charge on any atom is 0.363 e. The van der Waals surface area contributed by atoms with Gasteiger partial charge in [-0.1, -0.05) is 34.1 Å². The number of esters is 1. The van der Waals surface area contributed by atoms with Crippen LogP contribution in [0.5, 0.6) is 0 Å². The molecule has 21 heavy (non-hydrogen) atoms. The quantitative estimate of drug-likeness (QED) is 0.608. The predicted molar refractivity (Wildman–Crippen MR) is 84.6 cm³/mol. The van der Waals surface area contributed by atoms with E-state index in [1.54, 1.807) is 18.5 Å². The molecule has 2 heterocycles. The molecular weight excluding hydrogens is 332 g/mol. The monoisotopic (exact) mass is 344 g/mol. The van der Waals surface area contributed by atoms with E-state index in [9.17, 15) is 4.79 Å². The highest BCUT2D eigenvalue weighted by molar-refractivity contribution is 9.12. The predicted octanol–water partition coefficient (Wildman–Crippen LogP) is 3.62. The summed E-state index contributed by atoms with van der Waals surface area (Å²) < 4.78 is 6.38. The van der Waals surface area contributed by atoms with Gasteiger partial charge in [0.25, 0.3) is 0 Å². The minimum atomic E-state index is -0.409. The molecule has 4 nitrogen and oxygen atoms in total. The zero-order valence-corrected chi connectivity index (χ0v) is 13.0. The maximum absolute atomic E-state index is 11.9. The Morgan fingerprint density at radius 2 is 2.33 bits per heavy atom. The smallest absolute Gasteiger partial charge is 0.363 e. The first-order valence-electron chi connectivity index (χ1n) is 6.60. The Kier molecular flexibility index (Phi) is 3.84. The molecule has 0 amide bonds. The van der Waals surface area contributed by atoms with Crippen molar-refractivity contribution in [2.75, 3.05) is 0 Å². The van der Waals surface area contributed by atoms with E-state index in [1.807, 2.05) is 19.1 Å². The number of cyclic esters (lactones) is 1. The third kappa shape index (κ3) is 3.03. The minimum absolute atomic E-state index is 0.00930. The van der Waals surface area contributed by atoms with Crippen LogP contribution < -0.4 is 0 Å². The van der Waals surface area contributed by atoms with Gasteiger partial charge >= 0.3 is 5.97 Å². The van der Waals surface area contributed by atoms with Crippen LogP contribution in [-0.4, -0.2) is 16.9 Å². The molecule has 5 heteroatoms. The second-order valence-corrected chi connectivity index (χ2v) is 5.75. The van der Waals surface area contributed by atoms with Crippen LogP contribution >= 0.6 is 15.9 Å². The fourth-order valence-electron chi connectivity index (χ4n) is 2.22. The number of nitrogens with zero attached hydrogens (tertiary/aromatic N) is 2. The van der Waals surface area contributed by atoms with Gasteiger partial charge < -0.3 is 4.74 Å². The summed E-state index contributed by atoms with van der Waals surface area (Å²) in [5.74, 6) is 0.0642. The van der Waals surface area contributed by atoms with E-state index in [1.165, 1.54) is 0 Å².